The Labute approximate surface area is 87.6 Å². The average molecular weight is 226 g/mol. The second-order valence-corrected chi connectivity index (χ2v) is 5.23. The Balaban J connectivity index is 2.35. The standard InChI is InChI=1S/C8H10N4O2S/c9-4-7-2-1-3-12(7)15(13,14)8-5-10-11-6-8/h5-7H,1-3H2,(H,10,11). The van der Waals surface area contributed by atoms with Gasteiger partial charge in [0, 0.05) is 12.7 Å². The smallest absolute Gasteiger partial charge is 0.247 e. The lowest BCUT2D eigenvalue weighted by molar-refractivity contribution is 0.437. The number of sulfonamides is 1. The van der Waals surface area contributed by atoms with Gasteiger partial charge in [-0.1, -0.05) is 0 Å². The summed E-state index contributed by atoms with van der Waals surface area (Å²) < 4.78 is 25.2. The van der Waals surface area contributed by atoms with Crippen LogP contribution in [-0.4, -0.2) is 35.5 Å². The molecule has 1 atom stereocenters. The third-order valence-corrected chi connectivity index (χ3v) is 4.31. The molecule has 2 rings (SSSR count). The Bertz CT molecular complexity index is 473. The van der Waals surface area contributed by atoms with E-state index in [2.05, 4.69) is 10.2 Å². The number of H-pyrrole nitrogens is 1. The van der Waals surface area contributed by atoms with Gasteiger partial charge < -0.3 is 0 Å². The van der Waals surface area contributed by atoms with Gasteiger partial charge in [0.15, 0.2) is 0 Å². The van der Waals surface area contributed by atoms with Crippen LogP contribution in [0.25, 0.3) is 0 Å². The Morgan fingerprint density at radius 1 is 1.67 bits per heavy atom. The van der Waals surface area contributed by atoms with Crippen LogP contribution in [0.1, 0.15) is 12.8 Å². The Hall–Kier alpha value is -1.39. The summed E-state index contributed by atoms with van der Waals surface area (Å²) in [6.07, 6.45) is 3.91. The fraction of sp³-hybridized carbons (Fsp3) is 0.500. The van der Waals surface area contributed by atoms with E-state index in [0.29, 0.717) is 13.0 Å². The van der Waals surface area contributed by atoms with Crippen LogP contribution in [0.5, 0.6) is 0 Å². The summed E-state index contributed by atoms with van der Waals surface area (Å²) in [6.45, 7) is 0.408. The number of hydrogen-bond acceptors (Lipinski definition) is 4. The van der Waals surface area contributed by atoms with Crippen molar-refractivity contribution in [2.24, 2.45) is 0 Å². The fourth-order valence-electron chi connectivity index (χ4n) is 1.67. The van der Waals surface area contributed by atoms with Crippen LogP contribution < -0.4 is 0 Å². The maximum atomic E-state index is 12.0. The van der Waals surface area contributed by atoms with Crippen LogP contribution in [-0.2, 0) is 10.0 Å². The van der Waals surface area contributed by atoms with Crippen molar-refractivity contribution in [3.05, 3.63) is 12.4 Å². The van der Waals surface area contributed by atoms with E-state index in [-0.39, 0.29) is 4.90 Å². The van der Waals surface area contributed by atoms with Gasteiger partial charge in [-0.3, -0.25) is 5.10 Å². The van der Waals surface area contributed by atoms with Crippen LogP contribution >= 0.6 is 0 Å². The molecular formula is C8H10N4O2S. The third kappa shape index (κ3) is 1.62. The van der Waals surface area contributed by atoms with Crippen molar-refractivity contribution in [1.29, 1.82) is 5.26 Å². The predicted molar refractivity (Wildman–Crippen MR) is 51.1 cm³/mol. The van der Waals surface area contributed by atoms with E-state index in [1.165, 1.54) is 16.7 Å². The van der Waals surface area contributed by atoms with Gasteiger partial charge in [-0.15, -0.1) is 0 Å². The van der Waals surface area contributed by atoms with Gasteiger partial charge in [0.05, 0.1) is 12.3 Å². The second-order valence-electron chi connectivity index (χ2n) is 3.34. The van der Waals surface area contributed by atoms with E-state index < -0.39 is 16.1 Å². The molecule has 15 heavy (non-hydrogen) atoms. The average Bonchev–Trinajstić information content (AvgIpc) is 2.89. The summed E-state index contributed by atoms with van der Waals surface area (Å²) in [4.78, 5) is 0.115. The van der Waals surface area contributed by atoms with Crippen molar-refractivity contribution in [1.82, 2.24) is 14.5 Å². The minimum atomic E-state index is -3.54. The Morgan fingerprint density at radius 2 is 2.47 bits per heavy atom. The first-order valence-electron chi connectivity index (χ1n) is 4.56. The lowest BCUT2D eigenvalue weighted by atomic mass is 10.2. The van der Waals surface area contributed by atoms with Gasteiger partial charge in [-0.05, 0) is 12.8 Å². The van der Waals surface area contributed by atoms with E-state index in [0.717, 1.165) is 6.42 Å². The number of aromatic nitrogens is 2. The number of rotatable bonds is 2. The molecule has 80 valence electrons. The van der Waals surface area contributed by atoms with E-state index >= 15 is 0 Å². The van der Waals surface area contributed by atoms with E-state index in [9.17, 15) is 8.42 Å². The van der Waals surface area contributed by atoms with Gasteiger partial charge >= 0.3 is 0 Å². The predicted octanol–water partition coefficient (Wildman–Crippen LogP) is 0.0864. The van der Waals surface area contributed by atoms with Crippen LogP contribution in [0.15, 0.2) is 17.3 Å². The first-order valence-corrected chi connectivity index (χ1v) is 6.00. The topological polar surface area (TPSA) is 89.8 Å². The Morgan fingerprint density at radius 3 is 3.07 bits per heavy atom. The SMILES string of the molecule is N#CC1CCCN1S(=O)(=O)c1cn[nH]c1. The summed E-state index contributed by atoms with van der Waals surface area (Å²) in [5.74, 6) is 0. The molecule has 0 amide bonds. The molecule has 1 saturated heterocycles. The molecule has 1 unspecified atom stereocenters. The van der Waals surface area contributed by atoms with Gasteiger partial charge in [-0.25, -0.2) is 8.42 Å². The molecule has 1 aliphatic rings. The lowest BCUT2D eigenvalue weighted by Gasteiger charge is -2.17. The lowest BCUT2D eigenvalue weighted by Crippen LogP contribution is -2.34. The van der Waals surface area contributed by atoms with Crippen molar-refractivity contribution in [2.75, 3.05) is 6.54 Å². The quantitative estimate of drug-likeness (QED) is 0.773. The van der Waals surface area contributed by atoms with Crippen LogP contribution in [0.2, 0.25) is 0 Å². The van der Waals surface area contributed by atoms with E-state index in [1.54, 1.807) is 0 Å². The van der Waals surface area contributed by atoms with Crippen LogP contribution in [0.4, 0.5) is 0 Å². The summed E-state index contributed by atoms with van der Waals surface area (Å²) in [5, 5.41) is 14.9. The first-order chi connectivity index (χ1) is 7.16. The molecule has 0 bridgehead atoms. The van der Waals surface area contributed by atoms with Crippen molar-refractivity contribution >= 4 is 10.0 Å². The molecule has 1 N–H and O–H groups in total. The summed E-state index contributed by atoms with van der Waals surface area (Å²) in [7, 11) is -3.54. The summed E-state index contributed by atoms with van der Waals surface area (Å²) >= 11 is 0. The largest absolute Gasteiger partial charge is 0.284 e. The highest BCUT2D eigenvalue weighted by molar-refractivity contribution is 7.89. The third-order valence-electron chi connectivity index (χ3n) is 2.43. The molecule has 1 fully saturated rings. The van der Waals surface area contributed by atoms with Crippen molar-refractivity contribution in [3.63, 3.8) is 0 Å². The molecule has 0 saturated carbocycles. The van der Waals surface area contributed by atoms with E-state index in [4.69, 9.17) is 5.26 Å². The van der Waals surface area contributed by atoms with Gasteiger partial charge in [0.1, 0.15) is 10.9 Å². The van der Waals surface area contributed by atoms with Crippen molar-refractivity contribution in [3.8, 4) is 6.07 Å². The summed E-state index contributed by atoms with van der Waals surface area (Å²) in [5.41, 5.74) is 0. The highest BCUT2D eigenvalue weighted by Crippen LogP contribution is 2.24. The highest BCUT2D eigenvalue weighted by Gasteiger charge is 2.35. The maximum Gasteiger partial charge on any atom is 0.247 e. The number of nitrogens with one attached hydrogen (secondary N) is 1. The molecule has 1 aromatic rings. The zero-order chi connectivity index (χ0) is 10.9. The molecular weight excluding hydrogens is 216 g/mol. The molecule has 6 nitrogen and oxygen atoms in total. The van der Waals surface area contributed by atoms with Crippen LogP contribution in [0.3, 0.4) is 0 Å². The molecule has 7 heteroatoms. The first kappa shape index (κ1) is 10.1. The van der Waals surface area contributed by atoms with Gasteiger partial charge in [-0.2, -0.15) is 14.7 Å². The normalized spacial score (nSPS) is 22.7. The van der Waals surface area contributed by atoms with Crippen molar-refractivity contribution < 1.29 is 8.42 Å². The molecule has 1 aliphatic heterocycles. The maximum absolute atomic E-state index is 12.0. The van der Waals surface area contributed by atoms with Gasteiger partial charge in [0.2, 0.25) is 10.0 Å². The number of nitriles is 1. The van der Waals surface area contributed by atoms with Crippen molar-refractivity contribution in [2.45, 2.75) is 23.8 Å². The molecule has 0 aromatic carbocycles. The number of nitrogens with zero attached hydrogens (tertiary/aromatic N) is 3. The van der Waals surface area contributed by atoms with Gasteiger partial charge in [0.25, 0.3) is 0 Å². The zero-order valence-electron chi connectivity index (χ0n) is 7.92. The molecule has 0 spiro atoms. The van der Waals surface area contributed by atoms with Crippen LogP contribution in [0, 0.1) is 11.3 Å². The van der Waals surface area contributed by atoms with E-state index in [1.807, 2.05) is 6.07 Å². The molecule has 2 heterocycles. The minimum absolute atomic E-state index is 0.115. The second kappa shape index (κ2) is 3.64. The molecule has 1 aromatic heterocycles. The number of hydrogen-bond donors (Lipinski definition) is 1. The number of aromatic amines is 1. The zero-order valence-corrected chi connectivity index (χ0v) is 8.74. The molecule has 0 aliphatic carbocycles. The minimum Gasteiger partial charge on any atom is -0.284 e. The monoisotopic (exact) mass is 226 g/mol. The highest BCUT2D eigenvalue weighted by atomic mass is 32.2. The fourth-order valence-corrected chi connectivity index (χ4v) is 3.19. The summed E-state index contributed by atoms with van der Waals surface area (Å²) in [6, 6.07) is 1.46. The molecule has 0 radical (unpaired) electrons. The Kier molecular flexibility index (Phi) is 2.46.